The number of pyridine rings is 1. The fourth-order valence-electron chi connectivity index (χ4n) is 2.27. The van der Waals surface area contributed by atoms with Crippen LogP contribution >= 0.6 is 0 Å². The van der Waals surface area contributed by atoms with Gasteiger partial charge in [0, 0.05) is 24.3 Å². The molecule has 0 atom stereocenters. The summed E-state index contributed by atoms with van der Waals surface area (Å²) >= 11 is 0. The highest BCUT2D eigenvalue weighted by atomic mass is 16.5. The lowest BCUT2D eigenvalue weighted by atomic mass is 10.2. The van der Waals surface area contributed by atoms with Gasteiger partial charge >= 0.3 is 0 Å². The zero-order valence-electron chi connectivity index (χ0n) is 12.7. The number of rotatable bonds is 6. The van der Waals surface area contributed by atoms with E-state index in [4.69, 9.17) is 4.74 Å². The third-order valence-electron chi connectivity index (χ3n) is 3.88. The Labute approximate surface area is 126 Å². The van der Waals surface area contributed by atoms with Crippen molar-refractivity contribution in [3.63, 3.8) is 0 Å². The number of nitrogens with one attached hydrogen (secondary N) is 1. The maximum Gasteiger partial charge on any atom is 0.219 e. The van der Waals surface area contributed by atoms with Crippen LogP contribution in [0.15, 0.2) is 36.4 Å². The molecule has 0 spiro atoms. The summed E-state index contributed by atoms with van der Waals surface area (Å²) in [7, 11) is 0. The second-order valence-corrected chi connectivity index (χ2v) is 5.65. The molecule has 1 N–H and O–H groups in total. The van der Waals surface area contributed by atoms with Gasteiger partial charge in [0.25, 0.3) is 0 Å². The molecule has 1 aliphatic rings. The lowest BCUT2D eigenvalue weighted by molar-refractivity contribution is 0.460. The number of aryl methyl sites for hydroxylation is 2. The highest BCUT2D eigenvalue weighted by Crippen LogP contribution is 2.23. The lowest BCUT2D eigenvalue weighted by Crippen LogP contribution is -2.16. The van der Waals surface area contributed by atoms with Crippen LogP contribution in [0.5, 0.6) is 11.6 Å². The van der Waals surface area contributed by atoms with Crippen LogP contribution < -0.4 is 10.1 Å². The van der Waals surface area contributed by atoms with Crippen LogP contribution in [-0.2, 0) is 13.0 Å². The zero-order chi connectivity index (χ0) is 14.7. The fraction of sp³-hybridized carbons (Fsp3) is 0.389. The van der Waals surface area contributed by atoms with Gasteiger partial charge in [-0.2, -0.15) is 0 Å². The van der Waals surface area contributed by atoms with Crippen molar-refractivity contribution >= 4 is 0 Å². The molecule has 1 aliphatic carbocycles. The van der Waals surface area contributed by atoms with E-state index in [0.29, 0.717) is 5.88 Å². The predicted octanol–water partition coefficient (Wildman–Crippen LogP) is 4.00. The Bertz CT molecular complexity index is 603. The molecule has 3 nitrogen and oxygen atoms in total. The first-order chi connectivity index (χ1) is 10.2. The number of benzene rings is 1. The van der Waals surface area contributed by atoms with E-state index in [9.17, 15) is 0 Å². The van der Waals surface area contributed by atoms with E-state index in [1.165, 1.54) is 24.0 Å². The molecule has 0 aliphatic heterocycles. The van der Waals surface area contributed by atoms with Crippen molar-refractivity contribution in [2.75, 3.05) is 0 Å². The highest BCUT2D eigenvalue weighted by Gasteiger charge is 2.20. The summed E-state index contributed by atoms with van der Waals surface area (Å²) in [6.45, 7) is 5.08. The maximum absolute atomic E-state index is 5.82. The van der Waals surface area contributed by atoms with E-state index in [0.717, 1.165) is 30.5 Å². The first-order valence-electron chi connectivity index (χ1n) is 7.71. The molecule has 1 aromatic carbocycles. The molecule has 0 amide bonds. The van der Waals surface area contributed by atoms with E-state index in [2.05, 4.69) is 35.4 Å². The van der Waals surface area contributed by atoms with Gasteiger partial charge in [-0.05, 0) is 49.4 Å². The number of nitrogens with zero attached hydrogens (tertiary/aromatic N) is 1. The molecular weight excluding hydrogens is 260 g/mol. The van der Waals surface area contributed by atoms with E-state index in [1.807, 2.05) is 25.1 Å². The molecule has 3 rings (SSSR count). The molecule has 110 valence electrons. The summed E-state index contributed by atoms with van der Waals surface area (Å²) < 4.78 is 5.82. The van der Waals surface area contributed by atoms with Crippen LogP contribution in [0.25, 0.3) is 0 Å². The summed E-state index contributed by atoms with van der Waals surface area (Å²) in [5.74, 6) is 1.50. The van der Waals surface area contributed by atoms with Gasteiger partial charge in [0.15, 0.2) is 0 Å². The monoisotopic (exact) mass is 282 g/mol. The normalized spacial score (nSPS) is 14.2. The molecule has 2 aromatic rings. The van der Waals surface area contributed by atoms with E-state index in [1.54, 1.807) is 0 Å². The Morgan fingerprint density at radius 2 is 1.90 bits per heavy atom. The standard InChI is InChI=1S/C18H22N2O/c1-3-14-4-9-17(10-5-14)21-18-11-6-15(13(2)20-18)12-19-16-7-8-16/h4-6,9-11,16,19H,3,7-8,12H2,1-2H3. The Balaban J connectivity index is 1.65. The number of hydrogen-bond acceptors (Lipinski definition) is 3. The van der Waals surface area contributed by atoms with Crippen molar-refractivity contribution in [1.82, 2.24) is 10.3 Å². The van der Waals surface area contributed by atoms with E-state index >= 15 is 0 Å². The Hall–Kier alpha value is -1.87. The van der Waals surface area contributed by atoms with Crippen molar-refractivity contribution in [1.29, 1.82) is 0 Å². The molecule has 1 fully saturated rings. The average molecular weight is 282 g/mol. The molecule has 0 unspecified atom stereocenters. The van der Waals surface area contributed by atoms with Crippen LogP contribution in [0.1, 0.15) is 36.6 Å². The van der Waals surface area contributed by atoms with Gasteiger partial charge in [-0.15, -0.1) is 0 Å². The molecule has 1 saturated carbocycles. The van der Waals surface area contributed by atoms with Crippen molar-refractivity contribution < 1.29 is 4.74 Å². The second-order valence-electron chi connectivity index (χ2n) is 5.65. The molecule has 21 heavy (non-hydrogen) atoms. The third kappa shape index (κ3) is 3.82. The van der Waals surface area contributed by atoms with Gasteiger partial charge in [0.05, 0.1) is 0 Å². The van der Waals surface area contributed by atoms with Crippen LogP contribution in [0, 0.1) is 6.92 Å². The molecule has 0 radical (unpaired) electrons. The first-order valence-corrected chi connectivity index (χ1v) is 7.71. The number of ether oxygens (including phenoxy) is 1. The maximum atomic E-state index is 5.82. The van der Waals surface area contributed by atoms with Gasteiger partial charge in [-0.25, -0.2) is 4.98 Å². The largest absolute Gasteiger partial charge is 0.439 e. The smallest absolute Gasteiger partial charge is 0.219 e. The molecule has 1 heterocycles. The zero-order valence-corrected chi connectivity index (χ0v) is 12.7. The molecule has 3 heteroatoms. The van der Waals surface area contributed by atoms with Crippen LogP contribution in [0.4, 0.5) is 0 Å². The van der Waals surface area contributed by atoms with Gasteiger partial charge < -0.3 is 10.1 Å². The van der Waals surface area contributed by atoms with E-state index < -0.39 is 0 Å². The Kier molecular flexibility index (Phi) is 4.20. The minimum Gasteiger partial charge on any atom is -0.439 e. The van der Waals surface area contributed by atoms with Crippen molar-refractivity contribution in [3.05, 3.63) is 53.2 Å². The summed E-state index contributed by atoms with van der Waals surface area (Å²) in [4.78, 5) is 4.55. The van der Waals surface area contributed by atoms with E-state index in [-0.39, 0.29) is 0 Å². The SMILES string of the molecule is CCc1ccc(Oc2ccc(CNC3CC3)c(C)n2)cc1. The fourth-order valence-corrected chi connectivity index (χ4v) is 2.27. The first kappa shape index (κ1) is 14.1. The van der Waals surface area contributed by atoms with Gasteiger partial charge in [-0.3, -0.25) is 0 Å². The van der Waals surface area contributed by atoms with Crippen molar-refractivity contribution in [3.8, 4) is 11.6 Å². The van der Waals surface area contributed by atoms with Gasteiger partial charge in [0.1, 0.15) is 5.75 Å². The molecular formula is C18H22N2O. The summed E-state index contributed by atoms with van der Waals surface area (Å²) in [6.07, 6.45) is 3.66. The quantitative estimate of drug-likeness (QED) is 0.869. The minimum absolute atomic E-state index is 0.659. The van der Waals surface area contributed by atoms with Crippen molar-refractivity contribution in [2.24, 2.45) is 0 Å². The van der Waals surface area contributed by atoms with Gasteiger partial charge in [-0.1, -0.05) is 25.1 Å². The third-order valence-corrected chi connectivity index (χ3v) is 3.88. The van der Waals surface area contributed by atoms with Crippen LogP contribution in [0.3, 0.4) is 0 Å². The summed E-state index contributed by atoms with van der Waals surface area (Å²) in [5.41, 5.74) is 3.59. The topological polar surface area (TPSA) is 34.1 Å². The highest BCUT2D eigenvalue weighted by molar-refractivity contribution is 5.32. The average Bonchev–Trinajstić information content (AvgIpc) is 3.31. The lowest BCUT2D eigenvalue weighted by Gasteiger charge is -2.10. The Morgan fingerprint density at radius 3 is 2.52 bits per heavy atom. The minimum atomic E-state index is 0.659. The summed E-state index contributed by atoms with van der Waals surface area (Å²) in [6, 6.07) is 13.0. The number of hydrogen-bond donors (Lipinski definition) is 1. The van der Waals surface area contributed by atoms with Crippen LogP contribution in [-0.4, -0.2) is 11.0 Å². The van der Waals surface area contributed by atoms with Crippen molar-refractivity contribution in [2.45, 2.75) is 45.7 Å². The molecule has 0 saturated heterocycles. The summed E-state index contributed by atoms with van der Waals surface area (Å²) in [5, 5.41) is 3.51. The van der Waals surface area contributed by atoms with Crippen LogP contribution in [0.2, 0.25) is 0 Å². The number of aromatic nitrogens is 1. The second kappa shape index (κ2) is 6.27. The van der Waals surface area contributed by atoms with Gasteiger partial charge in [0.2, 0.25) is 5.88 Å². The molecule has 0 bridgehead atoms. The Morgan fingerprint density at radius 1 is 1.14 bits per heavy atom. The predicted molar refractivity (Wildman–Crippen MR) is 84.7 cm³/mol. The molecule has 1 aromatic heterocycles.